The molecule has 0 unspecified atom stereocenters. The Hall–Kier alpha value is -2.31. The third-order valence-corrected chi connectivity index (χ3v) is 6.03. The van der Waals surface area contributed by atoms with Crippen molar-refractivity contribution < 1.29 is 30.3 Å². The Kier molecular flexibility index (Phi) is 7.67. The zero-order valence-electron chi connectivity index (χ0n) is 18.3. The molecule has 1 heterocycles. The van der Waals surface area contributed by atoms with Crippen molar-refractivity contribution in [1.29, 1.82) is 5.26 Å². The highest BCUT2D eigenvalue weighted by Gasteiger charge is 2.53. The Labute approximate surface area is 188 Å². The highest BCUT2D eigenvalue weighted by atomic mass is 16.7. The first kappa shape index (κ1) is 24.3. The van der Waals surface area contributed by atoms with E-state index in [2.05, 4.69) is 32.0 Å². The van der Waals surface area contributed by atoms with Gasteiger partial charge < -0.3 is 30.3 Å². The fraction of sp³-hybridized carbons (Fsp3) is 0.480. The Morgan fingerprint density at radius 2 is 1.69 bits per heavy atom. The van der Waals surface area contributed by atoms with Crippen molar-refractivity contribution in [3.63, 3.8) is 0 Å². The number of aryl methyl sites for hydroxylation is 1. The molecule has 0 spiro atoms. The van der Waals surface area contributed by atoms with E-state index < -0.39 is 36.8 Å². The smallest absolute Gasteiger partial charge is 0.222 e. The van der Waals surface area contributed by atoms with Crippen LogP contribution in [0.4, 0.5) is 0 Å². The molecule has 2 aromatic carbocycles. The number of ether oxygens (including phenoxy) is 1. The quantitative estimate of drug-likeness (QED) is 0.438. The number of benzene rings is 2. The van der Waals surface area contributed by atoms with Gasteiger partial charge in [0.25, 0.3) is 0 Å². The maximum Gasteiger partial charge on any atom is 0.222 e. The second-order valence-corrected chi connectivity index (χ2v) is 8.87. The van der Waals surface area contributed by atoms with Gasteiger partial charge in [0.05, 0.1) is 18.2 Å². The van der Waals surface area contributed by atoms with E-state index in [1.54, 1.807) is 6.07 Å². The lowest BCUT2D eigenvalue weighted by molar-refractivity contribution is -0.357. The van der Waals surface area contributed by atoms with Gasteiger partial charge in [-0.15, -0.1) is 0 Å². The van der Waals surface area contributed by atoms with Gasteiger partial charge in [-0.3, -0.25) is 0 Å². The fourth-order valence-electron chi connectivity index (χ4n) is 3.96. The molecular formula is C25H31NO6. The Morgan fingerprint density at radius 1 is 1.03 bits per heavy atom. The molecule has 172 valence electrons. The summed E-state index contributed by atoms with van der Waals surface area (Å²) in [6.07, 6.45) is -3.87. The Balaban J connectivity index is 1.88. The number of rotatable bonds is 7. The molecule has 1 aliphatic rings. The average Bonchev–Trinajstić information content (AvgIpc) is 2.79. The van der Waals surface area contributed by atoms with Crippen molar-refractivity contribution >= 4 is 0 Å². The van der Waals surface area contributed by atoms with Gasteiger partial charge in [-0.05, 0) is 54.0 Å². The molecule has 0 aliphatic carbocycles. The van der Waals surface area contributed by atoms with Gasteiger partial charge in [-0.25, -0.2) is 0 Å². The van der Waals surface area contributed by atoms with Crippen LogP contribution in [0.5, 0.6) is 0 Å². The van der Waals surface area contributed by atoms with Crippen LogP contribution >= 0.6 is 0 Å². The highest BCUT2D eigenvalue weighted by Crippen LogP contribution is 2.37. The summed E-state index contributed by atoms with van der Waals surface area (Å²) in [6, 6.07) is 14.8. The van der Waals surface area contributed by atoms with Crippen molar-refractivity contribution in [2.24, 2.45) is 5.92 Å². The largest absolute Gasteiger partial charge is 0.394 e. The summed E-state index contributed by atoms with van der Waals surface area (Å²) < 4.78 is 5.41. The number of aliphatic hydroxyl groups excluding tert-OH is 4. The second kappa shape index (κ2) is 10.1. The summed E-state index contributed by atoms with van der Waals surface area (Å²) in [5.74, 6) is -1.72. The normalized spacial score (nSPS) is 28.0. The summed E-state index contributed by atoms with van der Waals surface area (Å²) in [5.41, 5.74) is 3.37. The van der Waals surface area contributed by atoms with E-state index in [0.29, 0.717) is 23.5 Å². The van der Waals surface area contributed by atoms with Crippen molar-refractivity contribution in [1.82, 2.24) is 0 Å². The zero-order valence-corrected chi connectivity index (χ0v) is 18.3. The molecule has 5 N–H and O–H groups in total. The van der Waals surface area contributed by atoms with E-state index in [9.17, 15) is 30.8 Å². The topological polar surface area (TPSA) is 134 Å². The average molecular weight is 442 g/mol. The molecule has 1 aliphatic heterocycles. The van der Waals surface area contributed by atoms with E-state index in [0.717, 1.165) is 18.4 Å². The molecule has 1 saturated heterocycles. The van der Waals surface area contributed by atoms with Gasteiger partial charge in [0.1, 0.15) is 24.4 Å². The molecule has 7 heteroatoms. The first-order valence-corrected chi connectivity index (χ1v) is 10.9. The molecule has 0 amide bonds. The number of aliphatic hydroxyl groups is 5. The molecular weight excluding hydrogens is 410 g/mol. The van der Waals surface area contributed by atoms with Gasteiger partial charge in [0.2, 0.25) is 5.79 Å². The van der Waals surface area contributed by atoms with Crippen LogP contribution < -0.4 is 0 Å². The molecule has 0 aromatic heterocycles. The maximum atomic E-state index is 11.1. The lowest BCUT2D eigenvalue weighted by Crippen LogP contribution is -2.63. The van der Waals surface area contributed by atoms with Crippen molar-refractivity contribution in [2.45, 2.75) is 63.3 Å². The fourth-order valence-corrected chi connectivity index (χ4v) is 3.96. The molecule has 1 fully saturated rings. The predicted molar refractivity (Wildman–Crippen MR) is 117 cm³/mol. The molecule has 0 saturated carbocycles. The monoisotopic (exact) mass is 441 g/mol. The molecule has 0 bridgehead atoms. The summed E-state index contributed by atoms with van der Waals surface area (Å²) >= 11 is 0. The second-order valence-electron chi connectivity index (χ2n) is 8.87. The third kappa shape index (κ3) is 5.02. The number of nitriles is 1. The Bertz CT molecular complexity index is 952. The van der Waals surface area contributed by atoms with Crippen molar-refractivity contribution in [3.8, 4) is 6.07 Å². The molecule has 2 aromatic rings. The minimum absolute atomic E-state index is 0.122. The van der Waals surface area contributed by atoms with Crippen LogP contribution in [0.1, 0.15) is 48.1 Å². The standard InChI is InChI=1S/C25H31NO6/c1-15(2)3-4-16-5-7-17(8-6-16)11-19-12-20(10-9-18(19)13-26)25(31)24(30)23(29)22(28)21(14-27)32-25/h5-10,12,15,21-24,27-31H,3-4,11,14H2,1-2H3/t21-,22-,23+,24-,25-/m1/s1. The van der Waals surface area contributed by atoms with E-state index in [1.165, 1.54) is 17.7 Å². The molecule has 3 rings (SSSR count). The van der Waals surface area contributed by atoms with E-state index >= 15 is 0 Å². The SMILES string of the molecule is CC(C)CCc1ccc(Cc2cc([C@@]3(O)O[C@H](CO)[C@@H](O)[C@H](O)[C@H]3O)ccc2C#N)cc1. The zero-order chi connectivity index (χ0) is 23.5. The summed E-state index contributed by atoms with van der Waals surface area (Å²) in [7, 11) is 0. The summed E-state index contributed by atoms with van der Waals surface area (Å²) in [5, 5.41) is 60.6. The molecule has 32 heavy (non-hydrogen) atoms. The van der Waals surface area contributed by atoms with Crippen LogP contribution in [-0.2, 0) is 23.4 Å². The van der Waals surface area contributed by atoms with Crippen LogP contribution in [0, 0.1) is 17.2 Å². The lowest BCUT2D eigenvalue weighted by Gasteiger charge is -2.45. The summed E-state index contributed by atoms with van der Waals surface area (Å²) in [6.45, 7) is 3.72. The van der Waals surface area contributed by atoms with Gasteiger partial charge >= 0.3 is 0 Å². The predicted octanol–water partition coefficient (Wildman–Crippen LogP) is 1.36. The lowest BCUT2D eigenvalue weighted by atomic mass is 9.86. The van der Waals surface area contributed by atoms with Crippen LogP contribution in [0.25, 0.3) is 0 Å². The van der Waals surface area contributed by atoms with Gasteiger partial charge in [0.15, 0.2) is 0 Å². The van der Waals surface area contributed by atoms with Gasteiger partial charge in [-0.2, -0.15) is 5.26 Å². The van der Waals surface area contributed by atoms with E-state index in [4.69, 9.17) is 4.74 Å². The van der Waals surface area contributed by atoms with Crippen LogP contribution in [0.2, 0.25) is 0 Å². The van der Waals surface area contributed by atoms with Gasteiger partial charge in [-0.1, -0.05) is 44.2 Å². The molecule has 5 atom stereocenters. The number of nitrogens with zero attached hydrogens (tertiary/aromatic N) is 1. The van der Waals surface area contributed by atoms with Gasteiger partial charge in [0, 0.05) is 5.56 Å². The van der Waals surface area contributed by atoms with E-state index in [1.807, 2.05) is 12.1 Å². The first-order valence-electron chi connectivity index (χ1n) is 10.9. The Morgan fingerprint density at radius 3 is 2.28 bits per heavy atom. The minimum Gasteiger partial charge on any atom is -0.394 e. The van der Waals surface area contributed by atoms with Crippen molar-refractivity contribution in [3.05, 3.63) is 70.3 Å². The van der Waals surface area contributed by atoms with Crippen LogP contribution in [-0.4, -0.2) is 56.6 Å². The first-order chi connectivity index (χ1) is 15.2. The number of hydrogen-bond acceptors (Lipinski definition) is 7. The number of hydrogen-bond donors (Lipinski definition) is 5. The van der Waals surface area contributed by atoms with Crippen molar-refractivity contribution in [2.75, 3.05) is 6.61 Å². The van der Waals surface area contributed by atoms with E-state index in [-0.39, 0.29) is 5.56 Å². The third-order valence-electron chi connectivity index (χ3n) is 6.03. The minimum atomic E-state index is -2.35. The summed E-state index contributed by atoms with van der Waals surface area (Å²) in [4.78, 5) is 0. The highest BCUT2D eigenvalue weighted by molar-refractivity contribution is 5.44. The molecule has 7 nitrogen and oxygen atoms in total. The molecule has 0 radical (unpaired) electrons. The maximum absolute atomic E-state index is 11.1. The van der Waals surface area contributed by atoms with Crippen LogP contribution in [0.15, 0.2) is 42.5 Å². The van der Waals surface area contributed by atoms with Crippen LogP contribution in [0.3, 0.4) is 0 Å².